The molecule has 0 saturated heterocycles. The Bertz CT molecular complexity index is 613. The first-order valence-corrected chi connectivity index (χ1v) is 7.57. The highest BCUT2D eigenvalue weighted by molar-refractivity contribution is 5.98. The first-order chi connectivity index (χ1) is 10.4. The molecule has 22 heavy (non-hydrogen) atoms. The minimum atomic E-state index is -0.892. The molecule has 0 aromatic rings. The molecule has 1 N–H and O–H groups in total. The fourth-order valence-corrected chi connectivity index (χ4v) is 2.86. The summed E-state index contributed by atoms with van der Waals surface area (Å²) in [5.41, 5.74) is 2.03. The third kappa shape index (κ3) is 3.06. The Labute approximate surface area is 130 Å². The van der Waals surface area contributed by atoms with Gasteiger partial charge in [-0.15, -0.1) is 0 Å². The Hall–Kier alpha value is -2.10. The monoisotopic (exact) mass is 302 g/mol. The van der Waals surface area contributed by atoms with Crippen LogP contribution in [0, 0.1) is 5.41 Å². The molecule has 0 heterocycles. The van der Waals surface area contributed by atoms with E-state index >= 15 is 0 Å². The van der Waals surface area contributed by atoms with E-state index in [9.17, 15) is 14.7 Å². The summed E-state index contributed by atoms with van der Waals surface area (Å²) in [4.78, 5) is 23.9. The van der Waals surface area contributed by atoms with Gasteiger partial charge in [0.15, 0.2) is 0 Å². The lowest BCUT2D eigenvalue weighted by Crippen LogP contribution is -2.18. The highest BCUT2D eigenvalue weighted by atomic mass is 16.5. The molecule has 0 aromatic carbocycles. The highest BCUT2D eigenvalue weighted by Crippen LogP contribution is 2.54. The van der Waals surface area contributed by atoms with Crippen LogP contribution in [0.25, 0.3) is 0 Å². The van der Waals surface area contributed by atoms with Gasteiger partial charge in [-0.25, -0.2) is 9.59 Å². The molecule has 0 atom stereocenters. The predicted molar refractivity (Wildman–Crippen MR) is 84.2 cm³/mol. The van der Waals surface area contributed by atoms with E-state index in [0.717, 1.165) is 18.4 Å². The van der Waals surface area contributed by atoms with Gasteiger partial charge in [0.1, 0.15) is 0 Å². The first-order valence-electron chi connectivity index (χ1n) is 7.57. The van der Waals surface area contributed by atoms with Gasteiger partial charge in [-0.3, -0.25) is 0 Å². The van der Waals surface area contributed by atoms with Gasteiger partial charge >= 0.3 is 11.9 Å². The summed E-state index contributed by atoms with van der Waals surface area (Å²) in [6, 6.07) is 0. The Morgan fingerprint density at radius 1 is 1.41 bits per heavy atom. The number of allylic oxidation sites excluding steroid dienone is 5. The molecule has 2 aliphatic rings. The molecule has 4 heteroatoms. The summed E-state index contributed by atoms with van der Waals surface area (Å²) in [6.45, 7) is 3.91. The smallest absolute Gasteiger partial charge is 0.338 e. The van der Waals surface area contributed by atoms with E-state index in [1.165, 1.54) is 7.11 Å². The number of hydrogen-bond donors (Lipinski definition) is 1. The van der Waals surface area contributed by atoms with Gasteiger partial charge in [0, 0.05) is 11.0 Å². The summed E-state index contributed by atoms with van der Waals surface area (Å²) >= 11 is 0. The van der Waals surface area contributed by atoms with Crippen LogP contribution in [0.2, 0.25) is 0 Å². The molecule has 0 aliphatic heterocycles. The molecule has 4 nitrogen and oxygen atoms in total. The van der Waals surface area contributed by atoms with Crippen molar-refractivity contribution in [3.63, 3.8) is 0 Å². The van der Waals surface area contributed by atoms with Gasteiger partial charge in [0.05, 0.1) is 12.7 Å². The van der Waals surface area contributed by atoms with Crippen molar-refractivity contribution < 1.29 is 19.4 Å². The number of carbonyl (C=O) groups is 2. The summed E-state index contributed by atoms with van der Waals surface area (Å²) < 4.78 is 4.87. The SMILES string of the molecule is CCC=C(C(=O)OC)C1=CC=CCC1=C(C(=O)O)C1(C)CC1. The van der Waals surface area contributed by atoms with Crippen molar-refractivity contribution in [1.82, 2.24) is 0 Å². The number of rotatable bonds is 5. The topological polar surface area (TPSA) is 63.6 Å². The van der Waals surface area contributed by atoms with Gasteiger partial charge < -0.3 is 9.84 Å². The third-order valence-corrected chi connectivity index (χ3v) is 4.27. The number of hydrogen-bond acceptors (Lipinski definition) is 3. The van der Waals surface area contributed by atoms with E-state index in [1.807, 2.05) is 32.1 Å². The lowest BCUT2D eigenvalue weighted by molar-refractivity contribution is -0.136. The molecule has 2 aliphatic carbocycles. The van der Waals surface area contributed by atoms with Crippen LogP contribution in [0.5, 0.6) is 0 Å². The van der Waals surface area contributed by atoms with E-state index < -0.39 is 11.9 Å². The molecule has 2 rings (SSSR count). The maximum Gasteiger partial charge on any atom is 0.338 e. The van der Waals surface area contributed by atoms with Gasteiger partial charge in [0.25, 0.3) is 0 Å². The molecule has 0 bridgehead atoms. The number of aliphatic carboxylic acids is 1. The van der Waals surface area contributed by atoms with Crippen molar-refractivity contribution in [3.8, 4) is 0 Å². The average Bonchev–Trinajstić information content (AvgIpc) is 3.22. The second kappa shape index (κ2) is 6.34. The van der Waals surface area contributed by atoms with Crippen LogP contribution in [-0.2, 0) is 14.3 Å². The van der Waals surface area contributed by atoms with Crippen LogP contribution in [0.3, 0.4) is 0 Å². The Balaban J connectivity index is 2.58. The highest BCUT2D eigenvalue weighted by Gasteiger charge is 2.46. The summed E-state index contributed by atoms with van der Waals surface area (Å²) in [5, 5.41) is 9.68. The minimum absolute atomic E-state index is 0.279. The predicted octanol–water partition coefficient (Wildman–Crippen LogP) is 3.56. The molecule has 118 valence electrons. The van der Waals surface area contributed by atoms with Gasteiger partial charge in [-0.2, -0.15) is 0 Å². The zero-order valence-electron chi connectivity index (χ0n) is 13.3. The molecule has 0 unspecified atom stereocenters. The summed E-state index contributed by atoms with van der Waals surface area (Å²) in [5.74, 6) is -1.32. The molecule has 1 fully saturated rings. The fraction of sp³-hybridized carbons (Fsp3) is 0.444. The third-order valence-electron chi connectivity index (χ3n) is 4.27. The van der Waals surface area contributed by atoms with Crippen molar-refractivity contribution in [3.05, 3.63) is 46.6 Å². The second-order valence-corrected chi connectivity index (χ2v) is 5.95. The van der Waals surface area contributed by atoms with Gasteiger partial charge in [-0.1, -0.05) is 38.2 Å². The molecule has 1 saturated carbocycles. The van der Waals surface area contributed by atoms with Crippen LogP contribution in [0.15, 0.2) is 46.6 Å². The van der Waals surface area contributed by atoms with Crippen LogP contribution in [0.4, 0.5) is 0 Å². The Morgan fingerprint density at radius 3 is 2.59 bits per heavy atom. The van der Waals surface area contributed by atoms with Crippen molar-refractivity contribution in [2.45, 2.75) is 39.5 Å². The molecule has 0 aromatic heterocycles. The molecule has 0 amide bonds. The van der Waals surface area contributed by atoms with Crippen LogP contribution < -0.4 is 0 Å². The number of ether oxygens (including phenoxy) is 1. The summed E-state index contributed by atoms with van der Waals surface area (Å²) in [7, 11) is 1.34. The largest absolute Gasteiger partial charge is 0.478 e. The average molecular weight is 302 g/mol. The number of carboxylic acids is 1. The standard InChI is InChI=1S/C18H22O4/c1-4-7-14(17(21)22-3)12-8-5-6-9-13(12)15(16(19)20)18(2)10-11-18/h5-8H,4,9-11H2,1-3H3,(H,19,20). The van der Waals surface area contributed by atoms with Crippen LogP contribution in [-0.4, -0.2) is 24.2 Å². The maximum atomic E-state index is 12.1. The zero-order valence-corrected chi connectivity index (χ0v) is 13.3. The molecular formula is C18H22O4. The van der Waals surface area contributed by atoms with E-state index in [1.54, 1.807) is 6.08 Å². The minimum Gasteiger partial charge on any atom is -0.478 e. The van der Waals surface area contributed by atoms with Crippen molar-refractivity contribution in [1.29, 1.82) is 0 Å². The Kier molecular flexibility index (Phi) is 4.69. The van der Waals surface area contributed by atoms with E-state index in [2.05, 4.69) is 0 Å². The lowest BCUT2D eigenvalue weighted by atomic mass is 9.82. The normalized spacial score (nSPS) is 22.0. The van der Waals surface area contributed by atoms with Crippen LogP contribution in [0.1, 0.15) is 39.5 Å². The lowest BCUT2D eigenvalue weighted by Gasteiger charge is -2.21. The fourth-order valence-electron chi connectivity index (χ4n) is 2.86. The van der Waals surface area contributed by atoms with E-state index in [0.29, 0.717) is 29.6 Å². The number of esters is 1. The van der Waals surface area contributed by atoms with Crippen molar-refractivity contribution in [2.75, 3.05) is 7.11 Å². The Morgan fingerprint density at radius 2 is 2.09 bits per heavy atom. The number of carboxylic acid groups (broad SMARTS) is 1. The van der Waals surface area contributed by atoms with Crippen LogP contribution >= 0.6 is 0 Å². The van der Waals surface area contributed by atoms with E-state index in [-0.39, 0.29) is 5.41 Å². The second-order valence-electron chi connectivity index (χ2n) is 5.95. The van der Waals surface area contributed by atoms with Gasteiger partial charge in [-0.05, 0) is 36.8 Å². The van der Waals surface area contributed by atoms with Gasteiger partial charge in [0.2, 0.25) is 0 Å². The maximum absolute atomic E-state index is 12.1. The molecular weight excluding hydrogens is 280 g/mol. The van der Waals surface area contributed by atoms with E-state index in [4.69, 9.17) is 4.74 Å². The first kappa shape index (κ1) is 16.3. The van der Waals surface area contributed by atoms with Crippen molar-refractivity contribution in [2.24, 2.45) is 5.41 Å². The summed E-state index contributed by atoms with van der Waals surface area (Å²) in [6.07, 6.45) is 10.4. The molecule has 0 radical (unpaired) electrons. The zero-order chi connectivity index (χ0) is 16.3. The van der Waals surface area contributed by atoms with Crippen molar-refractivity contribution >= 4 is 11.9 Å². The molecule has 0 spiro atoms. The number of carbonyl (C=O) groups excluding carboxylic acids is 1. The number of methoxy groups -OCH3 is 1. The quantitative estimate of drug-likeness (QED) is 0.623.